The fourth-order valence-corrected chi connectivity index (χ4v) is 1.94. The molecule has 98 valence electrons. The van der Waals surface area contributed by atoms with Gasteiger partial charge in [0.1, 0.15) is 0 Å². The summed E-state index contributed by atoms with van der Waals surface area (Å²) in [7, 11) is 3.76. The quantitative estimate of drug-likeness (QED) is 0.782. The van der Waals surface area contributed by atoms with Gasteiger partial charge < -0.3 is 16.4 Å². The summed E-state index contributed by atoms with van der Waals surface area (Å²) in [6.07, 6.45) is 3.51. The number of nitrogens with one attached hydrogen (secondary N) is 2. The first-order valence-electron chi connectivity index (χ1n) is 6.12. The van der Waals surface area contributed by atoms with Crippen molar-refractivity contribution in [3.8, 4) is 0 Å². The molecule has 0 spiro atoms. The summed E-state index contributed by atoms with van der Waals surface area (Å²) in [5, 5.41) is 6.27. The van der Waals surface area contributed by atoms with Crippen molar-refractivity contribution in [3.05, 3.63) is 59.9 Å². The number of hydrogen-bond donors (Lipinski definition) is 3. The number of nitrogens with two attached hydrogens (primary N) is 1. The number of hydrogen-bond acceptors (Lipinski definition) is 4. The normalized spacial score (nSPS) is 11.7. The van der Waals surface area contributed by atoms with Crippen LogP contribution in [0.1, 0.15) is 11.1 Å². The summed E-state index contributed by atoms with van der Waals surface area (Å²) in [5.41, 5.74) is 10.9. The van der Waals surface area contributed by atoms with E-state index >= 15 is 0 Å². The van der Waals surface area contributed by atoms with E-state index in [2.05, 4.69) is 15.6 Å². The van der Waals surface area contributed by atoms with Gasteiger partial charge in [0.05, 0.1) is 11.4 Å². The van der Waals surface area contributed by atoms with Gasteiger partial charge in [-0.25, -0.2) is 0 Å². The van der Waals surface area contributed by atoms with E-state index in [9.17, 15) is 0 Å². The number of benzene rings is 1. The van der Waals surface area contributed by atoms with Gasteiger partial charge in [0, 0.05) is 43.3 Å². The summed E-state index contributed by atoms with van der Waals surface area (Å²) >= 11 is 0. The molecule has 0 unspecified atom stereocenters. The molecule has 4 heteroatoms. The van der Waals surface area contributed by atoms with E-state index in [4.69, 9.17) is 5.73 Å². The summed E-state index contributed by atoms with van der Waals surface area (Å²) in [6, 6.07) is 11.9. The molecule has 19 heavy (non-hydrogen) atoms. The highest BCUT2D eigenvalue weighted by Crippen LogP contribution is 2.21. The monoisotopic (exact) mass is 254 g/mol. The lowest BCUT2D eigenvalue weighted by atomic mass is 10.1. The van der Waals surface area contributed by atoms with Gasteiger partial charge in [-0.2, -0.15) is 0 Å². The van der Waals surface area contributed by atoms with Crippen LogP contribution in [-0.4, -0.2) is 19.1 Å². The Morgan fingerprint density at radius 2 is 1.79 bits per heavy atom. The Labute approximate surface area is 113 Å². The minimum absolute atomic E-state index is 0.714. The molecule has 0 amide bonds. The molecule has 0 atom stereocenters. The number of anilines is 1. The van der Waals surface area contributed by atoms with Crippen LogP contribution < -0.4 is 16.4 Å². The molecule has 0 aliphatic carbocycles. The fraction of sp³-hybridized carbons (Fsp3) is 0.133. The summed E-state index contributed by atoms with van der Waals surface area (Å²) in [5.74, 6) is 0. The second kappa shape index (κ2) is 5.91. The van der Waals surface area contributed by atoms with Crippen molar-refractivity contribution in [2.24, 2.45) is 5.73 Å². The highest BCUT2D eigenvalue weighted by atomic mass is 14.9. The molecule has 1 aromatic heterocycles. The van der Waals surface area contributed by atoms with Gasteiger partial charge in [0.25, 0.3) is 0 Å². The van der Waals surface area contributed by atoms with Gasteiger partial charge in [0.2, 0.25) is 0 Å². The molecule has 1 heterocycles. The van der Waals surface area contributed by atoms with Crippen LogP contribution in [0.5, 0.6) is 0 Å². The summed E-state index contributed by atoms with van der Waals surface area (Å²) < 4.78 is 0. The lowest BCUT2D eigenvalue weighted by Crippen LogP contribution is -2.12. The van der Waals surface area contributed by atoms with Crippen molar-refractivity contribution >= 4 is 17.1 Å². The maximum atomic E-state index is 6.27. The van der Waals surface area contributed by atoms with Crippen LogP contribution >= 0.6 is 0 Å². The van der Waals surface area contributed by atoms with E-state index in [0.717, 1.165) is 22.5 Å². The number of rotatable bonds is 4. The predicted octanol–water partition coefficient (Wildman–Crippen LogP) is 2.13. The van der Waals surface area contributed by atoms with Gasteiger partial charge >= 0.3 is 0 Å². The largest absolute Gasteiger partial charge is 0.397 e. The van der Waals surface area contributed by atoms with Crippen LogP contribution in [0, 0.1) is 0 Å². The Balaban J connectivity index is 2.48. The van der Waals surface area contributed by atoms with Gasteiger partial charge in [-0.15, -0.1) is 0 Å². The molecule has 1 aromatic carbocycles. The van der Waals surface area contributed by atoms with Gasteiger partial charge in [0.15, 0.2) is 0 Å². The molecule has 0 saturated carbocycles. The molecule has 4 nitrogen and oxygen atoms in total. The van der Waals surface area contributed by atoms with Crippen LogP contribution in [0.15, 0.2) is 48.8 Å². The predicted molar refractivity (Wildman–Crippen MR) is 80.3 cm³/mol. The zero-order valence-corrected chi connectivity index (χ0v) is 11.1. The second-order valence-electron chi connectivity index (χ2n) is 4.11. The molecular formula is C15H18N4. The third-order valence-corrected chi connectivity index (χ3v) is 2.95. The lowest BCUT2D eigenvalue weighted by molar-refractivity contribution is 1.12. The Morgan fingerprint density at radius 1 is 1.05 bits per heavy atom. The standard InChI is InChI=1S/C15H18N4/c1-17-13-5-3-4-12(10-13)14(16)15(18-2)11-6-8-19-9-7-11/h3-10,17-18H,16H2,1-2H3/b15-14-. The molecule has 0 saturated heterocycles. The average Bonchev–Trinajstić information content (AvgIpc) is 2.49. The summed E-state index contributed by atoms with van der Waals surface area (Å²) in [4.78, 5) is 4.02. The maximum absolute atomic E-state index is 6.27. The molecule has 0 aliphatic heterocycles. The van der Waals surface area contributed by atoms with Crippen molar-refractivity contribution in [1.82, 2.24) is 10.3 Å². The van der Waals surface area contributed by atoms with Gasteiger partial charge in [-0.3, -0.25) is 4.98 Å². The first-order chi connectivity index (χ1) is 9.26. The van der Waals surface area contributed by atoms with E-state index < -0.39 is 0 Å². The van der Waals surface area contributed by atoms with Crippen molar-refractivity contribution in [3.63, 3.8) is 0 Å². The van der Waals surface area contributed by atoms with E-state index in [-0.39, 0.29) is 0 Å². The average molecular weight is 254 g/mol. The van der Waals surface area contributed by atoms with Crippen molar-refractivity contribution < 1.29 is 0 Å². The second-order valence-corrected chi connectivity index (χ2v) is 4.11. The highest BCUT2D eigenvalue weighted by molar-refractivity contribution is 5.88. The van der Waals surface area contributed by atoms with E-state index in [1.165, 1.54) is 0 Å². The van der Waals surface area contributed by atoms with Crippen molar-refractivity contribution in [2.45, 2.75) is 0 Å². The molecule has 2 aromatic rings. The molecule has 0 fully saturated rings. The third-order valence-electron chi connectivity index (χ3n) is 2.95. The Bertz CT molecular complexity index is 576. The topological polar surface area (TPSA) is 63.0 Å². The van der Waals surface area contributed by atoms with Crippen LogP contribution in [-0.2, 0) is 0 Å². The molecule has 2 rings (SSSR count). The zero-order chi connectivity index (χ0) is 13.7. The number of aromatic nitrogens is 1. The first-order valence-corrected chi connectivity index (χ1v) is 6.12. The van der Waals surface area contributed by atoms with Crippen LogP contribution in [0.3, 0.4) is 0 Å². The maximum Gasteiger partial charge on any atom is 0.0652 e. The lowest BCUT2D eigenvalue weighted by Gasteiger charge is -2.13. The minimum atomic E-state index is 0.714. The minimum Gasteiger partial charge on any atom is -0.397 e. The SMILES string of the molecule is CN/C(=C(\N)c1cccc(NC)c1)c1ccncc1. The Morgan fingerprint density at radius 3 is 2.42 bits per heavy atom. The summed E-state index contributed by atoms with van der Waals surface area (Å²) in [6.45, 7) is 0. The van der Waals surface area contributed by atoms with Crippen LogP contribution in [0.25, 0.3) is 11.4 Å². The third kappa shape index (κ3) is 2.85. The fourth-order valence-electron chi connectivity index (χ4n) is 1.94. The van der Waals surface area contributed by atoms with Crippen molar-refractivity contribution in [1.29, 1.82) is 0 Å². The van der Waals surface area contributed by atoms with E-state index in [0.29, 0.717) is 5.70 Å². The Kier molecular flexibility index (Phi) is 4.03. The highest BCUT2D eigenvalue weighted by Gasteiger charge is 2.07. The van der Waals surface area contributed by atoms with E-state index in [1.807, 2.05) is 50.5 Å². The van der Waals surface area contributed by atoms with Crippen LogP contribution in [0.2, 0.25) is 0 Å². The molecular weight excluding hydrogens is 236 g/mol. The van der Waals surface area contributed by atoms with Crippen LogP contribution in [0.4, 0.5) is 5.69 Å². The van der Waals surface area contributed by atoms with Gasteiger partial charge in [-0.1, -0.05) is 12.1 Å². The smallest absolute Gasteiger partial charge is 0.0652 e. The van der Waals surface area contributed by atoms with Gasteiger partial charge in [-0.05, 0) is 24.3 Å². The molecule has 0 radical (unpaired) electrons. The Hall–Kier alpha value is -2.49. The zero-order valence-electron chi connectivity index (χ0n) is 11.1. The first kappa shape index (κ1) is 13.0. The van der Waals surface area contributed by atoms with Crippen molar-refractivity contribution in [2.75, 3.05) is 19.4 Å². The number of nitrogens with zero attached hydrogens (tertiary/aromatic N) is 1. The molecule has 0 aliphatic rings. The van der Waals surface area contributed by atoms with E-state index in [1.54, 1.807) is 12.4 Å². The molecule has 4 N–H and O–H groups in total. The number of pyridine rings is 1. The molecule has 0 bridgehead atoms.